The van der Waals surface area contributed by atoms with Gasteiger partial charge in [0.25, 0.3) is 5.91 Å². The number of rotatable bonds is 3. The smallest absolute Gasteiger partial charge is 0.256 e. The first-order chi connectivity index (χ1) is 11.5. The maximum atomic E-state index is 13.7. The van der Waals surface area contributed by atoms with Gasteiger partial charge in [-0.15, -0.1) is 0 Å². The lowest BCUT2D eigenvalue weighted by molar-refractivity contribution is -0.133. The molecule has 1 atom stereocenters. The van der Waals surface area contributed by atoms with Crippen LogP contribution in [0.2, 0.25) is 0 Å². The van der Waals surface area contributed by atoms with Crippen LogP contribution in [0.5, 0.6) is 0 Å². The van der Waals surface area contributed by atoms with Crippen LogP contribution >= 0.6 is 0 Å². The van der Waals surface area contributed by atoms with E-state index in [2.05, 4.69) is 12.2 Å². The molecule has 6 heteroatoms. The molecule has 0 spiro atoms. The van der Waals surface area contributed by atoms with Crippen molar-refractivity contribution in [2.45, 2.75) is 19.3 Å². The van der Waals surface area contributed by atoms with E-state index in [-0.39, 0.29) is 11.5 Å². The van der Waals surface area contributed by atoms with Crippen molar-refractivity contribution < 1.29 is 18.4 Å². The largest absolute Gasteiger partial charge is 0.339 e. The number of nitrogens with zero attached hydrogens (tertiary/aromatic N) is 2. The SMILES string of the molecule is O=C(CC1C=CCC1)N1CCN(C(=O)c2ccc(F)cc2F)CC1. The first kappa shape index (κ1) is 16.6. The third-order valence-corrected chi connectivity index (χ3v) is 4.63. The number of hydrogen-bond acceptors (Lipinski definition) is 2. The van der Waals surface area contributed by atoms with Gasteiger partial charge < -0.3 is 9.80 Å². The highest BCUT2D eigenvalue weighted by Crippen LogP contribution is 2.22. The second-order valence-corrected chi connectivity index (χ2v) is 6.27. The molecule has 0 saturated carbocycles. The summed E-state index contributed by atoms with van der Waals surface area (Å²) in [7, 11) is 0. The van der Waals surface area contributed by atoms with Crippen LogP contribution in [-0.2, 0) is 4.79 Å². The number of amides is 2. The molecular weight excluding hydrogens is 314 g/mol. The highest BCUT2D eigenvalue weighted by atomic mass is 19.1. The molecule has 1 unspecified atom stereocenters. The predicted molar refractivity (Wildman–Crippen MR) is 85.3 cm³/mol. The molecule has 1 aliphatic heterocycles. The Bertz CT molecular complexity index is 667. The fourth-order valence-electron chi connectivity index (χ4n) is 3.21. The summed E-state index contributed by atoms with van der Waals surface area (Å²) >= 11 is 0. The Morgan fingerprint density at radius 3 is 2.42 bits per heavy atom. The van der Waals surface area contributed by atoms with Gasteiger partial charge >= 0.3 is 0 Å². The van der Waals surface area contributed by atoms with Crippen LogP contribution < -0.4 is 0 Å². The van der Waals surface area contributed by atoms with E-state index in [9.17, 15) is 18.4 Å². The highest BCUT2D eigenvalue weighted by molar-refractivity contribution is 5.94. The number of halogens is 2. The minimum absolute atomic E-state index is 0.103. The van der Waals surface area contributed by atoms with Gasteiger partial charge in [0.05, 0.1) is 5.56 Å². The van der Waals surface area contributed by atoms with Crippen molar-refractivity contribution in [2.75, 3.05) is 26.2 Å². The van der Waals surface area contributed by atoms with Crippen molar-refractivity contribution in [2.24, 2.45) is 5.92 Å². The van der Waals surface area contributed by atoms with E-state index in [1.165, 1.54) is 4.90 Å². The first-order valence-corrected chi connectivity index (χ1v) is 8.23. The van der Waals surface area contributed by atoms with E-state index in [1.54, 1.807) is 4.90 Å². The number of carbonyl (C=O) groups excluding carboxylic acids is 2. The molecular formula is C18H20F2N2O2. The molecule has 1 aliphatic carbocycles. The molecule has 2 amide bonds. The molecule has 128 valence electrons. The lowest BCUT2D eigenvalue weighted by Gasteiger charge is -2.35. The summed E-state index contributed by atoms with van der Waals surface area (Å²) in [4.78, 5) is 27.9. The average Bonchev–Trinajstić information content (AvgIpc) is 3.07. The van der Waals surface area contributed by atoms with E-state index >= 15 is 0 Å². The van der Waals surface area contributed by atoms with Crippen LogP contribution in [-0.4, -0.2) is 47.8 Å². The van der Waals surface area contributed by atoms with Crippen molar-refractivity contribution >= 4 is 11.8 Å². The first-order valence-electron chi connectivity index (χ1n) is 8.23. The van der Waals surface area contributed by atoms with Crippen LogP contribution in [0.1, 0.15) is 29.6 Å². The molecule has 24 heavy (non-hydrogen) atoms. The summed E-state index contributed by atoms with van der Waals surface area (Å²) in [5.74, 6) is -1.60. The van der Waals surface area contributed by atoms with Crippen molar-refractivity contribution in [3.05, 3.63) is 47.5 Å². The zero-order chi connectivity index (χ0) is 17.1. The summed E-state index contributed by atoms with van der Waals surface area (Å²) in [5.41, 5.74) is -0.132. The standard InChI is InChI=1S/C18H20F2N2O2/c19-14-5-6-15(16(20)12-14)18(24)22-9-7-21(8-10-22)17(23)11-13-3-1-2-4-13/h1,3,5-6,12-13H,2,4,7-11H2. The summed E-state index contributed by atoms with van der Waals surface area (Å²) in [5, 5.41) is 0. The van der Waals surface area contributed by atoms with Crippen molar-refractivity contribution in [3.8, 4) is 0 Å². The Morgan fingerprint density at radius 1 is 1.08 bits per heavy atom. The molecule has 0 bridgehead atoms. The number of allylic oxidation sites excluding steroid dienone is 2. The van der Waals surface area contributed by atoms with Crippen LogP contribution in [0, 0.1) is 17.6 Å². The number of piperazine rings is 1. The molecule has 2 aliphatic rings. The van der Waals surface area contributed by atoms with Crippen LogP contribution in [0.15, 0.2) is 30.4 Å². The molecule has 1 aromatic rings. The third-order valence-electron chi connectivity index (χ3n) is 4.63. The maximum absolute atomic E-state index is 13.7. The predicted octanol–water partition coefficient (Wildman–Crippen LogP) is 2.61. The highest BCUT2D eigenvalue weighted by Gasteiger charge is 2.27. The third kappa shape index (κ3) is 3.63. The number of carbonyl (C=O) groups is 2. The quantitative estimate of drug-likeness (QED) is 0.797. The lowest BCUT2D eigenvalue weighted by atomic mass is 10.0. The van der Waals surface area contributed by atoms with Gasteiger partial charge in [-0.25, -0.2) is 8.78 Å². The maximum Gasteiger partial charge on any atom is 0.256 e. The molecule has 4 nitrogen and oxygen atoms in total. The van der Waals surface area contributed by atoms with E-state index in [4.69, 9.17) is 0 Å². The van der Waals surface area contributed by atoms with Gasteiger partial charge in [0.1, 0.15) is 11.6 Å². The molecule has 3 rings (SSSR count). The monoisotopic (exact) mass is 334 g/mol. The number of hydrogen-bond donors (Lipinski definition) is 0. The van der Waals surface area contributed by atoms with Gasteiger partial charge in [0.15, 0.2) is 0 Å². The van der Waals surface area contributed by atoms with Gasteiger partial charge in [-0.05, 0) is 30.9 Å². The van der Waals surface area contributed by atoms with Crippen molar-refractivity contribution in [1.29, 1.82) is 0 Å². The topological polar surface area (TPSA) is 40.6 Å². The van der Waals surface area contributed by atoms with E-state index in [0.717, 1.165) is 25.0 Å². The van der Waals surface area contributed by atoms with E-state index in [0.29, 0.717) is 44.6 Å². The minimum atomic E-state index is -0.855. The van der Waals surface area contributed by atoms with Crippen LogP contribution in [0.3, 0.4) is 0 Å². The Balaban J connectivity index is 1.55. The molecule has 1 heterocycles. The van der Waals surface area contributed by atoms with Gasteiger partial charge in [0.2, 0.25) is 5.91 Å². The van der Waals surface area contributed by atoms with Crippen molar-refractivity contribution in [1.82, 2.24) is 9.80 Å². The summed E-state index contributed by atoms with van der Waals surface area (Å²) in [6.45, 7) is 1.62. The zero-order valence-corrected chi connectivity index (χ0v) is 13.4. The normalized spacial score (nSPS) is 20.5. The summed E-state index contributed by atoms with van der Waals surface area (Å²) in [6, 6.07) is 2.95. The van der Waals surface area contributed by atoms with Gasteiger partial charge in [-0.1, -0.05) is 12.2 Å². The van der Waals surface area contributed by atoms with Gasteiger partial charge in [-0.2, -0.15) is 0 Å². The van der Waals surface area contributed by atoms with Crippen LogP contribution in [0.4, 0.5) is 8.78 Å². The number of benzene rings is 1. The fourth-order valence-corrected chi connectivity index (χ4v) is 3.21. The molecule has 0 N–H and O–H groups in total. The van der Waals surface area contributed by atoms with E-state index < -0.39 is 17.5 Å². The van der Waals surface area contributed by atoms with Crippen molar-refractivity contribution in [3.63, 3.8) is 0 Å². The average molecular weight is 334 g/mol. The molecule has 1 aromatic carbocycles. The molecule has 0 radical (unpaired) electrons. The molecule has 0 aromatic heterocycles. The summed E-state index contributed by atoms with van der Waals surface area (Å²) in [6.07, 6.45) is 6.76. The Morgan fingerprint density at radius 2 is 1.79 bits per heavy atom. The summed E-state index contributed by atoms with van der Waals surface area (Å²) < 4.78 is 26.7. The lowest BCUT2D eigenvalue weighted by Crippen LogP contribution is -2.51. The Kier molecular flexibility index (Phi) is 4.92. The Labute approximate surface area is 139 Å². The second kappa shape index (κ2) is 7.11. The molecule has 1 saturated heterocycles. The second-order valence-electron chi connectivity index (χ2n) is 6.27. The Hall–Kier alpha value is -2.24. The molecule has 1 fully saturated rings. The fraction of sp³-hybridized carbons (Fsp3) is 0.444. The van der Waals surface area contributed by atoms with E-state index in [1.807, 2.05) is 0 Å². The zero-order valence-electron chi connectivity index (χ0n) is 13.4. The van der Waals surface area contributed by atoms with Gasteiger partial charge in [-0.3, -0.25) is 9.59 Å². The van der Waals surface area contributed by atoms with Gasteiger partial charge in [0, 0.05) is 38.7 Å². The minimum Gasteiger partial charge on any atom is -0.339 e. The van der Waals surface area contributed by atoms with Crippen LogP contribution in [0.25, 0.3) is 0 Å².